The van der Waals surface area contributed by atoms with Crippen LogP contribution in [-0.4, -0.2) is 20.2 Å². The largest absolute Gasteiger partial charge is 0.382 e. The molecule has 0 aliphatic carbocycles. The summed E-state index contributed by atoms with van der Waals surface area (Å²) in [7, 11) is 0. The van der Waals surface area contributed by atoms with Crippen LogP contribution in [0.1, 0.15) is 0 Å². The van der Waals surface area contributed by atoms with Gasteiger partial charge >= 0.3 is 0 Å². The van der Waals surface area contributed by atoms with Gasteiger partial charge in [-0.2, -0.15) is 5.10 Å². The molecule has 0 radical (unpaired) electrons. The number of nitrogens with zero attached hydrogens (tertiary/aromatic N) is 3. The summed E-state index contributed by atoms with van der Waals surface area (Å²) in [4.78, 5) is 8.06. The van der Waals surface area contributed by atoms with E-state index in [1.54, 1.807) is 24.7 Å². The van der Waals surface area contributed by atoms with E-state index in [4.69, 9.17) is 5.73 Å². The van der Waals surface area contributed by atoms with Crippen LogP contribution in [0.25, 0.3) is 11.4 Å². The van der Waals surface area contributed by atoms with Crippen molar-refractivity contribution in [2.75, 3.05) is 5.73 Å². The van der Waals surface area contributed by atoms with Gasteiger partial charge in [-0.05, 0) is 6.07 Å². The minimum atomic E-state index is 0.418. The highest BCUT2D eigenvalue weighted by Crippen LogP contribution is 2.17. The Morgan fingerprint density at radius 3 is 2.58 bits per heavy atom. The van der Waals surface area contributed by atoms with Gasteiger partial charge in [0.1, 0.15) is 0 Å². The lowest BCUT2D eigenvalue weighted by Gasteiger charge is -1.93. The summed E-state index contributed by atoms with van der Waals surface area (Å²) >= 11 is 0. The average molecular weight is 161 g/mol. The number of nitrogens with two attached hydrogens (primary N) is 1. The average Bonchev–Trinajstić information content (AvgIpc) is 2.53. The van der Waals surface area contributed by atoms with Crippen LogP contribution in [-0.2, 0) is 0 Å². The maximum Gasteiger partial charge on any atom is 0.164 e. The van der Waals surface area contributed by atoms with Crippen LogP contribution in [0, 0.1) is 0 Å². The van der Waals surface area contributed by atoms with Gasteiger partial charge in [0.05, 0.1) is 5.56 Å². The number of nitrogens with one attached hydrogen (secondary N) is 1. The van der Waals surface area contributed by atoms with Crippen LogP contribution in [0.3, 0.4) is 0 Å². The van der Waals surface area contributed by atoms with E-state index in [2.05, 4.69) is 20.2 Å². The second-order valence-electron chi connectivity index (χ2n) is 2.26. The number of rotatable bonds is 1. The predicted molar refractivity (Wildman–Crippen MR) is 44.0 cm³/mol. The lowest BCUT2D eigenvalue weighted by Crippen LogP contribution is -1.91. The lowest BCUT2D eigenvalue weighted by molar-refractivity contribution is 1.10. The van der Waals surface area contributed by atoms with E-state index in [1.165, 1.54) is 0 Å². The number of hydrogen-bond donors (Lipinski definition) is 2. The number of H-pyrrole nitrogens is 1. The lowest BCUT2D eigenvalue weighted by atomic mass is 10.3. The van der Waals surface area contributed by atoms with Gasteiger partial charge < -0.3 is 5.73 Å². The van der Waals surface area contributed by atoms with Crippen LogP contribution >= 0.6 is 0 Å². The number of hydrogen-bond acceptors (Lipinski definition) is 4. The Morgan fingerprint density at radius 1 is 1.25 bits per heavy atom. The number of nitrogen functional groups attached to an aromatic ring is 1. The predicted octanol–water partition coefficient (Wildman–Crippen LogP) is 0.449. The topological polar surface area (TPSA) is 80.5 Å². The minimum Gasteiger partial charge on any atom is -0.382 e. The molecule has 0 saturated heterocycles. The Morgan fingerprint density at radius 2 is 2.00 bits per heavy atom. The summed E-state index contributed by atoms with van der Waals surface area (Å²) in [6.45, 7) is 0. The first-order valence-electron chi connectivity index (χ1n) is 3.44. The summed E-state index contributed by atoms with van der Waals surface area (Å²) in [5.74, 6) is 1.00. The standard InChI is InChI=1S/C7H7N5/c8-6-5(4-11-12-6)7-9-2-1-3-10-7/h1-4H,(H3,8,11,12). The Labute approximate surface area is 68.7 Å². The molecule has 0 fully saturated rings. The molecule has 0 aliphatic rings. The van der Waals surface area contributed by atoms with Gasteiger partial charge in [-0.1, -0.05) is 0 Å². The zero-order chi connectivity index (χ0) is 8.39. The summed E-state index contributed by atoms with van der Waals surface area (Å²) in [6.07, 6.45) is 4.99. The van der Waals surface area contributed by atoms with Crippen molar-refractivity contribution in [3.63, 3.8) is 0 Å². The Bertz CT molecular complexity index is 366. The van der Waals surface area contributed by atoms with Crippen molar-refractivity contribution >= 4 is 5.82 Å². The highest BCUT2D eigenvalue weighted by Gasteiger charge is 2.05. The second-order valence-corrected chi connectivity index (χ2v) is 2.26. The van der Waals surface area contributed by atoms with Gasteiger partial charge in [-0.3, -0.25) is 5.10 Å². The summed E-state index contributed by atoms with van der Waals surface area (Å²) in [5.41, 5.74) is 6.28. The molecule has 5 nitrogen and oxygen atoms in total. The van der Waals surface area contributed by atoms with Crippen LogP contribution in [0.4, 0.5) is 5.82 Å². The van der Waals surface area contributed by atoms with Crippen molar-refractivity contribution in [3.05, 3.63) is 24.7 Å². The normalized spacial score (nSPS) is 10.0. The molecule has 2 heterocycles. The Balaban J connectivity index is 2.51. The van der Waals surface area contributed by atoms with Crippen LogP contribution in [0.15, 0.2) is 24.7 Å². The molecule has 0 unspecified atom stereocenters. The zero-order valence-corrected chi connectivity index (χ0v) is 6.23. The number of anilines is 1. The van der Waals surface area contributed by atoms with Gasteiger partial charge in [0.2, 0.25) is 0 Å². The highest BCUT2D eigenvalue weighted by molar-refractivity contribution is 5.66. The first-order valence-corrected chi connectivity index (χ1v) is 3.44. The third kappa shape index (κ3) is 1.01. The Hall–Kier alpha value is -1.91. The fourth-order valence-corrected chi connectivity index (χ4v) is 0.918. The van der Waals surface area contributed by atoms with Gasteiger partial charge in [0, 0.05) is 18.6 Å². The molecule has 5 heteroatoms. The maximum absolute atomic E-state index is 5.55. The second kappa shape index (κ2) is 2.61. The van der Waals surface area contributed by atoms with Crippen LogP contribution < -0.4 is 5.73 Å². The van der Waals surface area contributed by atoms with Crippen molar-refractivity contribution in [2.45, 2.75) is 0 Å². The monoisotopic (exact) mass is 161 g/mol. The summed E-state index contributed by atoms with van der Waals surface area (Å²) < 4.78 is 0. The van der Waals surface area contributed by atoms with Crippen LogP contribution in [0.5, 0.6) is 0 Å². The summed E-state index contributed by atoms with van der Waals surface area (Å²) in [5, 5.41) is 6.41. The fraction of sp³-hybridized carbons (Fsp3) is 0. The molecule has 0 atom stereocenters. The van der Waals surface area contributed by atoms with E-state index in [0.29, 0.717) is 11.6 Å². The first kappa shape index (κ1) is 6.78. The molecule has 3 N–H and O–H groups in total. The van der Waals surface area contributed by atoms with Crippen molar-refractivity contribution in [1.82, 2.24) is 20.2 Å². The SMILES string of the molecule is Nc1n[nH]cc1-c1ncccn1. The molecule has 2 rings (SSSR count). The van der Waals surface area contributed by atoms with Gasteiger partial charge in [-0.25, -0.2) is 9.97 Å². The van der Waals surface area contributed by atoms with Gasteiger partial charge in [0.15, 0.2) is 11.6 Å². The van der Waals surface area contributed by atoms with Gasteiger partial charge in [-0.15, -0.1) is 0 Å². The van der Waals surface area contributed by atoms with Crippen LogP contribution in [0.2, 0.25) is 0 Å². The fourth-order valence-electron chi connectivity index (χ4n) is 0.918. The molecule has 0 amide bonds. The van der Waals surface area contributed by atoms with E-state index < -0.39 is 0 Å². The quantitative estimate of drug-likeness (QED) is 0.636. The maximum atomic E-state index is 5.55. The zero-order valence-electron chi connectivity index (χ0n) is 6.23. The minimum absolute atomic E-state index is 0.418. The molecule has 0 aliphatic heterocycles. The van der Waals surface area contributed by atoms with Crippen molar-refractivity contribution < 1.29 is 0 Å². The molecule has 0 aromatic carbocycles. The first-order chi connectivity index (χ1) is 5.88. The molecular weight excluding hydrogens is 154 g/mol. The highest BCUT2D eigenvalue weighted by atomic mass is 15.1. The molecule has 2 aromatic heterocycles. The van der Waals surface area contributed by atoms with Crippen molar-refractivity contribution in [3.8, 4) is 11.4 Å². The number of aromatic amines is 1. The van der Waals surface area contributed by atoms with E-state index in [-0.39, 0.29) is 0 Å². The van der Waals surface area contributed by atoms with Gasteiger partial charge in [0.25, 0.3) is 0 Å². The third-order valence-electron chi connectivity index (χ3n) is 1.48. The third-order valence-corrected chi connectivity index (χ3v) is 1.48. The summed E-state index contributed by atoms with van der Waals surface area (Å²) in [6, 6.07) is 1.75. The van der Waals surface area contributed by atoms with E-state index in [0.717, 1.165) is 5.56 Å². The van der Waals surface area contributed by atoms with Crippen molar-refractivity contribution in [2.24, 2.45) is 0 Å². The molecule has 12 heavy (non-hydrogen) atoms. The molecular formula is C7H7N5. The smallest absolute Gasteiger partial charge is 0.164 e. The van der Waals surface area contributed by atoms with E-state index in [9.17, 15) is 0 Å². The van der Waals surface area contributed by atoms with E-state index >= 15 is 0 Å². The molecule has 0 spiro atoms. The molecule has 60 valence electrons. The number of aromatic nitrogens is 4. The Kier molecular flexibility index (Phi) is 1.48. The van der Waals surface area contributed by atoms with E-state index in [1.807, 2.05) is 0 Å². The molecule has 2 aromatic rings. The van der Waals surface area contributed by atoms with Crippen molar-refractivity contribution in [1.29, 1.82) is 0 Å². The molecule has 0 saturated carbocycles. The molecule has 0 bridgehead atoms.